The standard InChI is InChI=1S/C36H78P4/c1-7-13-25-37(26-14-8-2)31-19-22-34-40(35-23-20-32-38(27-15-9-3)28-16-10-4)36-24-21-33-39(29-17-11-5)30-18-12-6/h7-36H2,1-6H3. The zero-order valence-corrected chi connectivity index (χ0v) is 32.6. The Kier molecular flexibility index (Phi) is 35.1. The highest BCUT2D eigenvalue weighted by atomic mass is 31.1. The van der Waals surface area contributed by atoms with Crippen LogP contribution < -0.4 is 0 Å². The molecule has 0 saturated heterocycles. The van der Waals surface area contributed by atoms with Gasteiger partial charge in [0.2, 0.25) is 0 Å². The molecule has 40 heavy (non-hydrogen) atoms. The van der Waals surface area contributed by atoms with Crippen LogP contribution in [0.3, 0.4) is 0 Å². The van der Waals surface area contributed by atoms with Crippen molar-refractivity contribution in [2.75, 3.05) is 73.9 Å². The van der Waals surface area contributed by atoms with Crippen molar-refractivity contribution < 1.29 is 0 Å². The normalized spacial score (nSPS) is 12.2. The van der Waals surface area contributed by atoms with Crippen LogP contribution in [0.2, 0.25) is 0 Å². The number of rotatable bonds is 33. The summed E-state index contributed by atoms with van der Waals surface area (Å²) in [6.45, 7) is 14.3. The van der Waals surface area contributed by atoms with Crippen LogP contribution in [-0.2, 0) is 0 Å². The quantitative estimate of drug-likeness (QED) is 0.0498. The molecule has 0 amide bonds. The third kappa shape index (κ3) is 27.3. The van der Waals surface area contributed by atoms with Crippen LogP contribution in [0.15, 0.2) is 0 Å². The summed E-state index contributed by atoms with van der Waals surface area (Å²) in [5.41, 5.74) is 0. The van der Waals surface area contributed by atoms with Gasteiger partial charge in [0.1, 0.15) is 0 Å². The van der Waals surface area contributed by atoms with Crippen LogP contribution in [0.1, 0.15) is 157 Å². The second-order valence-corrected chi connectivity index (χ2v) is 23.3. The number of unbranched alkanes of at least 4 members (excludes halogenated alkanes) is 9. The summed E-state index contributed by atoms with van der Waals surface area (Å²) < 4.78 is 0. The molecule has 242 valence electrons. The summed E-state index contributed by atoms with van der Waals surface area (Å²) in [4.78, 5) is 0. The number of hydrogen-bond acceptors (Lipinski definition) is 0. The highest BCUT2D eigenvalue weighted by molar-refractivity contribution is 7.58. The fourth-order valence-corrected chi connectivity index (χ4v) is 16.9. The molecule has 4 heteroatoms. The van der Waals surface area contributed by atoms with Crippen molar-refractivity contribution in [3.63, 3.8) is 0 Å². The van der Waals surface area contributed by atoms with E-state index in [0.29, 0.717) is 31.7 Å². The van der Waals surface area contributed by atoms with E-state index in [-0.39, 0.29) is 0 Å². The maximum Gasteiger partial charge on any atom is -0.0326 e. The fourth-order valence-electron chi connectivity index (χ4n) is 5.64. The van der Waals surface area contributed by atoms with Crippen LogP contribution >= 0.6 is 31.7 Å². The van der Waals surface area contributed by atoms with Crippen molar-refractivity contribution in [1.29, 1.82) is 0 Å². The average molecular weight is 635 g/mol. The Bertz CT molecular complexity index is 381. The van der Waals surface area contributed by atoms with E-state index in [1.165, 1.54) is 77.0 Å². The first-order valence-corrected chi connectivity index (χ1v) is 26.1. The molecule has 0 radical (unpaired) electrons. The van der Waals surface area contributed by atoms with Gasteiger partial charge in [0, 0.05) is 0 Å². The van der Waals surface area contributed by atoms with Gasteiger partial charge in [-0.05, 0) is 151 Å². The van der Waals surface area contributed by atoms with E-state index in [1.54, 1.807) is 112 Å². The molecule has 0 aromatic carbocycles. The lowest BCUT2D eigenvalue weighted by Crippen LogP contribution is -2.02. The minimum atomic E-state index is 0.302. The van der Waals surface area contributed by atoms with Gasteiger partial charge in [-0.15, -0.1) is 31.7 Å². The van der Waals surface area contributed by atoms with Crippen molar-refractivity contribution in [3.8, 4) is 0 Å². The molecule has 0 rings (SSSR count). The molecule has 0 heterocycles. The second-order valence-electron chi connectivity index (χ2n) is 12.6. The van der Waals surface area contributed by atoms with Crippen molar-refractivity contribution in [2.24, 2.45) is 0 Å². The molecular weight excluding hydrogens is 556 g/mol. The lowest BCUT2D eigenvalue weighted by Gasteiger charge is -2.22. The summed E-state index contributed by atoms with van der Waals surface area (Å²) >= 11 is 0. The first kappa shape index (κ1) is 41.7. The van der Waals surface area contributed by atoms with Gasteiger partial charge in [-0.1, -0.05) is 80.1 Å². The van der Waals surface area contributed by atoms with Crippen LogP contribution in [0.4, 0.5) is 0 Å². The predicted molar refractivity (Wildman–Crippen MR) is 203 cm³/mol. The lowest BCUT2D eigenvalue weighted by molar-refractivity contribution is 0.830. The van der Waals surface area contributed by atoms with Crippen LogP contribution in [0.5, 0.6) is 0 Å². The maximum absolute atomic E-state index is 2.38. The molecule has 0 unspecified atom stereocenters. The molecule has 0 aromatic rings. The monoisotopic (exact) mass is 635 g/mol. The van der Waals surface area contributed by atoms with Crippen LogP contribution in [0, 0.1) is 0 Å². The Labute approximate surface area is 262 Å². The van der Waals surface area contributed by atoms with Crippen molar-refractivity contribution >= 4 is 31.7 Å². The van der Waals surface area contributed by atoms with E-state index in [1.807, 2.05) is 0 Å². The van der Waals surface area contributed by atoms with Crippen molar-refractivity contribution in [2.45, 2.75) is 157 Å². The minimum absolute atomic E-state index is 0.302. The summed E-state index contributed by atoms with van der Waals surface area (Å²) in [7, 11) is 1.34. The van der Waals surface area contributed by atoms with E-state index < -0.39 is 0 Å². The Morgan fingerprint density at radius 1 is 0.200 bits per heavy atom. The summed E-state index contributed by atoms with van der Waals surface area (Å²) in [6, 6.07) is 0. The van der Waals surface area contributed by atoms with Gasteiger partial charge < -0.3 is 0 Å². The second kappa shape index (κ2) is 33.6. The lowest BCUT2D eigenvalue weighted by atomic mass is 10.4. The Balaban J connectivity index is 4.70. The van der Waals surface area contributed by atoms with Crippen molar-refractivity contribution in [3.05, 3.63) is 0 Å². The highest BCUT2D eigenvalue weighted by Gasteiger charge is 2.13. The van der Waals surface area contributed by atoms with Crippen molar-refractivity contribution in [1.82, 2.24) is 0 Å². The molecule has 0 aliphatic heterocycles. The molecule has 0 atom stereocenters. The largest absolute Gasteiger partial charge is 0.107 e. The summed E-state index contributed by atoms with van der Waals surface area (Å²) in [5.74, 6) is 0. The molecule has 0 nitrogen and oxygen atoms in total. The van der Waals surface area contributed by atoms with E-state index >= 15 is 0 Å². The van der Waals surface area contributed by atoms with Gasteiger partial charge >= 0.3 is 0 Å². The zero-order chi connectivity index (χ0) is 29.5. The van der Waals surface area contributed by atoms with Gasteiger partial charge in [0.05, 0.1) is 0 Å². The van der Waals surface area contributed by atoms with Gasteiger partial charge in [-0.25, -0.2) is 0 Å². The first-order chi connectivity index (χ1) is 19.6. The third-order valence-electron chi connectivity index (χ3n) is 8.56. The topological polar surface area (TPSA) is 0 Å². The minimum Gasteiger partial charge on any atom is -0.107 e. The Hall–Kier alpha value is 1.72. The first-order valence-electron chi connectivity index (χ1n) is 18.5. The van der Waals surface area contributed by atoms with E-state index in [4.69, 9.17) is 0 Å². The molecule has 0 aliphatic rings. The predicted octanol–water partition coefficient (Wildman–Crippen LogP) is 14.1. The van der Waals surface area contributed by atoms with Gasteiger partial charge in [0.25, 0.3) is 0 Å². The SMILES string of the molecule is CCCCP(CCCC)CCCCP(CCCCP(CCCC)CCCC)CCCCP(CCCC)CCCC. The fraction of sp³-hybridized carbons (Fsp3) is 1.00. The molecule has 0 aliphatic carbocycles. The summed E-state index contributed by atoms with van der Waals surface area (Å²) in [6.07, 6.45) is 45.7. The average Bonchev–Trinajstić information content (AvgIpc) is 2.97. The molecule has 0 aromatic heterocycles. The highest BCUT2D eigenvalue weighted by Crippen LogP contribution is 2.44. The molecule has 0 N–H and O–H groups in total. The molecule has 0 bridgehead atoms. The van der Waals surface area contributed by atoms with Gasteiger partial charge in [-0.2, -0.15) is 0 Å². The number of hydrogen-bond donors (Lipinski definition) is 0. The zero-order valence-electron chi connectivity index (χ0n) is 29.0. The smallest absolute Gasteiger partial charge is 0.0326 e. The Morgan fingerprint density at radius 3 is 0.450 bits per heavy atom. The molecule has 0 fully saturated rings. The van der Waals surface area contributed by atoms with E-state index in [0.717, 1.165) is 0 Å². The van der Waals surface area contributed by atoms with Crippen LogP contribution in [0.25, 0.3) is 0 Å². The van der Waals surface area contributed by atoms with Crippen LogP contribution in [-0.4, -0.2) is 73.9 Å². The van der Waals surface area contributed by atoms with E-state index in [9.17, 15) is 0 Å². The molecule has 0 spiro atoms. The molecular formula is C36H78P4. The summed E-state index contributed by atoms with van der Waals surface area (Å²) in [5, 5.41) is 0. The van der Waals surface area contributed by atoms with Gasteiger partial charge in [0.15, 0.2) is 0 Å². The molecule has 0 saturated carbocycles. The van der Waals surface area contributed by atoms with Gasteiger partial charge in [-0.3, -0.25) is 0 Å². The Morgan fingerprint density at radius 2 is 0.325 bits per heavy atom. The van der Waals surface area contributed by atoms with E-state index in [2.05, 4.69) is 41.5 Å². The maximum atomic E-state index is 2.38. The third-order valence-corrected chi connectivity index (χ3v) is 19.9.